The van der Waals surface area contributed by atoms with Gasteiger partial charge < -0.3 is 4.90 Å². The first-order chi connectivity index (χ1) is 16.0. The van der Waals surface area contributed by atoms with Gasteiger partial charge in [0.15, 0.2) is 0 Å². The van der Waals surface area contributed by atoms with Gasteiger partial charge in [0.05, 0.1) is 11.6 Å². The molecule has 0 saturated carbocycles. The standard InChI is InChI=1S/C28H26BrN3O/c1-20-5-10-26-25(15-20)28(19-32(26)27(33)23-3-2-4-24(29)16-23)11-13-31(14-12-28)18-22-8-6-21(17-30)7-9-22/h2-10,15-16H,11-14,18-19H2,1H3. The Labute approximate surface area is 203 Å². The number of carbonyl (C=O) groups excluding carboxylic acids is 1. The molecule has 2 heterocycles. The lowest BCUT2D eigenvalue weighted by atomic mass is 9.74. The summed E-state index contributed by atoms with van der Waals surface area (Å²) in [5.41, 5.74) is 6.28. The number of likely N-dealkylation sites (tertiary alicyclic amines) is 1. The minimum atomic E-state index is 0.00416. The zero-order valence-corrected chi connectivity index (χ0v) is 20.3. The van der Waals surface area contributed by atoms with Crippen molar-refractivity contribution in [3.05, 3.63) is 99.0 Å². The first-order valence-electron chi connectivity index (χ1n) is 11.4. The third-order valence-corrected chi connectivity index (χ3v) is 7.59. The first kappa shape index (κ1) is 21.9. The molecule has 0 radical (unpaired) electrons. The normalized spacial score (nSPS) is 17.1. The van der Waals surface area contributed by atoms with Crippen LogP contribution in [0.15, 0.2) is 71.2 Å². The summed E-state index contributed by atoms with van der Waals surface area (Å²) >= 11 is 3.50. The molecule has 166 valence electrons. The predicted molar refractivity (Wildman–Crippen MR) is 134 cm³/mol. The maximum absolute atomic E-state index is 13.5. The second kappa shape index (κ2) is 8.78. The SMILES string of the molecule is Cc1ccc2c(c1)C1(CCN(Cc3ccc(C#N)cc3)CC1)CN2C(=O)c1cccc(Br)c1. The average molecular weight is 500 g/mol. The van der Waals surface area contributed by atoms with Crippen LogP contribution in [-0.2, 0) is 12.0 Å². The molecule has 4 nitrogen and oxygen atoms in total. The van der Waals surface area contributed by atoms with Crippen molar-refractivity contribution >= 4 is 27.5 Å². The topological polar surface area (TPSA) is 47.3 Å². The first-order valence-corrected chi connectivity index (χ1v) is 12.2. The van der Waals surface area contributed by atoms with E-state index in [1.54, 1.807) is 0 Å². The second-order valence-corrected chi connectivity index (χ2v) is 10.2. The molecule has 3 aromatic carbocycles. The van der Waals surface area contributed by atoms with Gasteiger partial charge in [0.25, 0.3) is 5.91 Å². The molecule has 2 aliphatic rings. The van der Waals surface area contributed by atoms with Gasteiger partial charge in [-0.05, 0) is 80.4 Å². The molecule has 0 aliphatic carbocycles. The van der Waals surface area contributed by atoms with Crippen molar-refractivity contribution < 1.29 is 4.79 Å². The summed E-state index contributed by atoms with van der Waals surface area (Å²) in [6, 6.07) is 24.3. The average Bonchev–Trinajstić information content (AvgIpc) is 3.14. The molecule has 0 bridgehead atoms. The van der Waals surface area contributed by atoms with Gasteiger partial charge in [-0.1, -0.05) is 51.8 Å². The number of aryl methyl sites for hydroxylation is 1. The molecule has 1 amide bonds. The Morgan fingerprint density at radius 3 is 2.52 bits per heavy atom. The Hall–Kier alpha value is -2.94. The molecular weight excluding hydrogens is 474 g/mol. The van der Waals surface area contributed by atoms with Gasteiger partial charge in [-0.2, -0.15) is 5.26 Å². The highest BCUT2D eigenvalue weighted by Gasteiger charge is 2.46. The highest BCUT2D eigenvalue weighted by molar-refractivity contribution is 9.10. The maximum atomic E-state index is 13.5. The van der Waals surface area contributed by atoms with E-state index in [1.165, 1.54) is 16.7 Å². The van der Waals surface area contributed by atoms with E-state index in [2.05, 4.69) is 64.2 Å². The molecular formula is C28H26BrN3O. The maximum Gasteiger partial charge on any atom is 0.258 e. The number of halogens is 1. The summed E-state index contributed by atoms with van der Waals surface area (Å²) in [5, 5.41) is 9.02. The number of benzene rings is 3. The van der Waals surface area contributed by atoms with Crippen LogP contribution in [-0.4, -0.2) is 30.4 Å². The Kier molecular flexibility index (Phi) is 5.82. The van der Waals surface area contributed by atoms with Crippen LogP contribution in [0.1, 0.15) is 45.5 Å². The minimum absolute atomic E-state index is 0.00416. The number of piperidine rings is 1. The van der Waals surface area contributed by atoms with Crippen LogP contribution < -0.4 is 4.90 Å². The predicted octanol–water partition coefficient (Wildman–Crippen LogP) is 5.82. The van der Waals surface area contributed by atoms with E-state index in [4.69, 9.17) is 5.26 Å². The van der Waals surface area contributed by atoms with Gasteiger partial charge in [-0.3, -0.25) is 9.69 Å². The number of fused-ring (bicyclic) bond motifs is 2. The number of rotatable bonds is 3. The van der Waals surface area contributed by atoms with E-state index >= 15 is 0 Å². The van der Waals surface area contributed by atoms with Gasteiger partial charge in [-0.15, -0.1) is 0 Å². The molecule has 1 saturated heterocycles. The summed E-state index contributed by atoms with van der Waals surface area (Å²) in [6.07, 6.45) is 2.06. The van der Waals surface area contributed by atoms with Gasteiger partial charge in [0.1, 0.15) is 0 Å². The van der Waals surface area contributed by atoms with Crippen LogP contribution in [0, 0.1) is 18.3 Å². The molecule has 5 rings (SSSR count). The Bertz CT molecular complexity index is 1240. The number of hydrogen-bond acceptors (Lipinski definition) is 3. The Morgan fingerprint density at radius 1 is 1.06 bits per heavy atom. The highest BCUT2D eigenvalue weighted by Crippen LogP contribution is 2.48. The van der Waals surface area contributed by atoms with Crippen molar-refractivity contribution in [1.29, 1.82) is 5.26 Å². The van der Waals surface area contributed by atoms with Crippen LogP contribution in [0.4, 0.5) is 5.69 Å². The lowest BCUT2D eigenvalue weighted by Crippen LogP contribution is -2.45. The number of nitriles is 1. The fourth-order valence-electron chi connectivity index (χ4n) is 5.25. The summed E-state index contributed by atoms with van der Waals surface area (Å²) in [7, 11) is 0. The van der Waals surface area contributed by atoms with Crippen molar-refractivity contribution in [1.82, 2.24) is 4.90 Å². The molecule has 0 atom stereocenters. The third-order valence-electron chi connectivity index (χ3n) is 7.09. The van der Waals surface area contributed by atoms with Gasteiger partial charge in [0.2, 0.25) is 0 Å². The van der Waals surface area contributed by atoms with Crippen LogP contribution in [0.3, 0.4) is 0 Å². The largest absolute Gasteiger partial charge is 0.307 e. The summed E-state index contributed by atoms with van der Waals surface area (Å²) in [4.78, 5) is 18.0. The van der Waals surface area contributed by atoms with Crippen LogP contribution in [0.2, 0.25) is 0 Å². The van der Waals surface area contributed by atoms with Crippen molar-refractivity contribution in [2.45, 2.75) is 31.7 Å². The molecule has 1 spiro atoms. The zero-order valence-electron chi connectivity index (χ0n) is 18.7. The Balaban J connectivity index is 1.37. The molecule has 0 N–H and O–H groups in total. The number of nitrogens with zero attached hydrogens (tertiary/aromatic N) is 3. The second-order valence-electron chi connectivity index (χ2n) is 9.29. The van der Waals surface area contributed by atoms with E-state index in [0.29, 0.717) is 11.1 Å². The number of hydrogen-bond donors (Lipinski definition) is 0. The van der Waals surface area contributed by atoms with Gasteiger partial charge in [-0.25, -0.2) is 0 Å². The molecule has 0 aromatic heterocycles. The van der Waals surface area contributed by atoms with Crippen molar-refractivity contribution in [3.63, 3.8) is 0 Å². The Morgan fingerprint density at radius 2 is 1.82 bits per heavy atom. The fourth-order valence-corrected chi connectivity index (χ4v) is 5.65. The lowest BCUT2D eigenvalue weighted by molar-refractivity contribution is 0.0975. The summed E-state index contributed by atoms with van der Waals surface area (Å²) in [6.45, 7) is 5.75. The molecule has 1 fully saturated rings. The molecule has 5 heteroatoms. The van der Waals surface area contributed by atoms with E-state index < -0.39 is 0 Å². The molecule has 0 unspecified atom stereocenters. The van der Waals surface area contributed by atoms with E-state index in [9.17, 15) is 4.79 Å². The van der Waals surface area contributed by atoms with Crippen LogP contribution in [0.5, 0.6) is 0 Å². The zero-order chi connectivity index (χ0) is 23.0. The number of anilines is 1. The van der Waals surface area contributed by atoms with Crippen molar-refractivity contribution in [3.8, 4) is 6.07 Å². The van der Waals surface area contributed by atoms with Crippen LogP contribution in [0.25, 0.3) is 0 Å². The lowest BCUT2D eigenvalue weighted by Gasteiger charge is -2.40. The van der Waals surface area contributed by atoms with Gasteiger partial charge in [0, 0.05) is 34.2 Å². The van der Waals surface area contributed by atoms with Gasteiger partial charge >= 0.3 is 0 Å². The van der Waals surface area contributed by atoms with Crippen LogP contribution >= 0.6 is 15.9 Å². The van der Waals surface area contributed by atoms with E-state index in [0.717, 1.165) is 49.2 Å². The van der Waals surface area contributed by atoms with E-state index in [-0.39, 0.29) is 11.3 Å². The fraction of sp³-hybridized carbons (Fsp3) is 0.286. The monoisotopic (exact) mass is 499 g/mol. The molecule has 33 heavy (non-hydrogen) atoms. The third kappa shape index (κ3) is 4.21. The van der Waals surface area contributed by atoms with Crippen molar-refractivity contribution in [2.24, 2.45) is 0 Å². The number of carbonyl (C=O) groups is 1. The smallest absolute Gasteiger partial charge is 0.258 e. The quantitative estimate of drug-likeness (QED) is 0.455. The minimum Gasteiger partial charge on any atom is -0.307 e. The van der Waals surface area contributed by atoms with Crippen molar-refractivity contribution in [2.75, 3.05) is 24.5 Å². The highest BCUT2D eigenvalue weighted by atomic mass is 79.9. The number of amides is 1. The summed E-state index contributed by atoms with van der Waals surface area (Å²) in [5.74, 6) is 0.0679. The molecule has 3 aromatic rings. The van der Waals surface area contributed by atoms with E-state index in [1.807, 2.05) is 41.3 Å². The summed E-state index contributed by atoms with van der Waals surface area (Å²) < 4.78 is 0.919. The molecule has 2 aliphatic heterocycles.